The lowest BCUT2D eigenvalue weighted by molar-refractivity contribution is 0.548. The predicted octanol–water partition coefficient (Wildman–Crippen LogP) is 2.73. The van der Waals surface area contributed by atoms with Crippen LogP contribution in [0.3, 0.4) is 0 Å². The zero-order chi connectivity index (χ0) is 9.30. The van der Waals surface area contributed by atoms with Gasteiger partial charge in [0.2, 0.25) is 5.95 Å². The third-order valence-corrected chi connectivity index (χ3v) is 1.80. The van der Waals surface area contributed by atoms with Crippen LogP contribution in [0.2, 0.25) is 0 Å². The second-order valence-corrected chi connectivity index (χ2v) is 3.58. The molecule has 0 aliphatic heterocycles. The molecule has 68 valence electrons. The SMILES string of the molecule is CC(C)c1nc(F)cn1C(C)C. The highest BCUT2D eigenvalue weighted by Crippen LogP contribution is 2.17. The van der Waals surface area contributed by atoms with Gasteiger partial charge in [0.25, 0.3) is 0 Å². The minimum atomic E-state index is -0.382. The van der Waals surface area contributed by atoms with Gasteiger partial charge in [0.1, 0.15) is 5.82 Å². The summed E-state index contributed by atoms with van der Waals surface area (Å²) in [5.41, 5.74) is 0. The van der Waals surface area contributed by atoms with E-state index in [1.54, 1.807) is 0 Å². The molecule has 2 nitrogen and oxygen atoms in total. The highest BCUT2D eigenvalue weighted by molar-refractivity contribution is 5.00. The molecule has 1 rings (SSSR count). The van der Waals surface area contributed by atoms with Crippen molar-refractivity contribution in [3.05, 3.63) is 18.0 Å². The van der Waals surface area contributed by atoms with Crippen molar-refractivity contribution >= 4 is 0 Å². The van der Waals surface area contributed by atoms with Gasteiger partial charge in [-0.15, -0.1) is 0 Å². The summed E-state index contributed by atoms with van der Waals surface area (Å²) >= 11 is 0. The molecule has 0 radical (unpaired) electrons. The largest absolute Gasteiger partial charge is 0.329 e. The molecule has 3 heteroatoms. The molecule has 0 fully saturated rings. The van der Waals surface area contributed by atoms with Crippen molar-refractivity contribution in [2.24, 2.45) is 0 Å². The van der Waals surface area contributed by atoms with Gasteiger partial charge < -0.3 is 4.57 Å². The molecule has 0 spiro atoms. The zero-order valence-corrected chi connectivity index (χ0v) is 8.00. The summed E-state index contributed by atoms with van der Waals surface area (Å²) < 4.78 is 14.7. The van der Waals surface area contributed by atoms with Gasteiger partial charge >= 0.3 is 0 Å². The fourth-order valence-electron chi connectivity index (χ4n) is 1.22. The van der Waals surface area contributed by atoms with Gasteiger partial charge in [-0.05, 0) is 13.8 Å². The second-order valence-electron chi connectivity index (χ2n) is 3.58. The minimum Gasteiger partial charge on any atom is -0.329 e. The smallest absolute Gasteiger partial charge is 0.230 e. The van der Waals surface area contributed by atoms with E-state index in [1.165, 1.54) is 6.20 Å². The van der Waals surface area contributed by atoms with Crippen molar-refractivity contribution in [3.8, 4) is 0 Å². The lowest BCUT2D eigenvalue weighted by atomic mass is 10.2. The molecule has 12 heavy (non-hydrogen) atoms. The summed E-state index contributed by atoms with van der Waals surface area (Å²) in [6.45, 7) is 8.07. The Morgan fingerprint density at radius 3 is 2.25 bits per heavy atom. The first kappa shape index (κ1) is 9.23. The lowest BCUT2D eigenvalue weighted by Crippen LogP contribution is -2.06. The molecular weight excluding hydrogens is 155 g/mol. The van der Waals surface area contributed by atoms with E-state index >= 15 is 0 Å². The van der Waals surface area contributed by atoms with Crippen LogP contribution in [0.15, 0.2) is 6.20 Å². The molecule has 1 aromatic rings. The van der Waals surface area contributed by atoms with E-state index in [-0.39, 0.29) is 17.9 Å². The van der Waals surface area contributed by atoms with Crippen molar-refractivity contribution < 1.29 is 4.39 Å². The Labute approximate surface area is 72.4 Å². The van der Waals surface area contributed by atoms with Gasteiger partial charge in [0.15, 0.2) is 0 Å². The van der Waals surface area contributed by atoms with Gasteiger partial charge in [-0.25, -0.2) is 4.98 Å². The Morgan fingerprint density at radius 1 is 1.33 bits per heavy atom. The van der Waals surface area contributed by atoms with Crippen LogP contribution in [0.1, 0.15) is 45.5 Å². The molecule has 0 N–H and O–H groups in total. The molecule has 0 unspecified atom stereocenters. The Morgan fingerprint density at radius 2 is 1.92 bits per heavy atom. The van der Waals surface area contributed by atoms with E-state index in [2.05, 4.69) is 4.98 Å². The molecule has 1 heterocycles. The third kappa shape index (κ3) is 1.65. The summed E-state index contributed by atoms with van der Waals surface area (Å²) in [7, 11) is 0. The molecule has 0 saturated carbocycles. The minimum absolute atomic E-state index is 0.275. The van der Waals surface area contributed by atoms with Crippen molar-refractivity contribution in [1.82, 2.24) is 9.55 Å². The Bertz CT molecular complexity index is 238. The summed E-state index contributed by atoms with van der Waals surface area (Å²) in [5.74, 6) is 0.715. The monoisotopic (exact) mass is 170 g/mol. The fourth-order valence-corrected chi connectivity index (χ4v) is 1.22. The number of imidazole rings is 1. The average Bonchev–Trinajstić information content (AvgIpc) is 2.31. The first-order valence-corrected chi connectivity index (χ1v) is 4.26. The van der Waals surface area contributed by atoms with E-state index in [1.807, 2.05) is 32.3 Å². The first-order valence-electron chi connectivity index (χ1n) is 4.26. The summed E-state index contributed by atoms with van der Waals surface area (Å²) in [6.07, 6.45) is 1.46. The topological polar surface area (TPSA) is 17.8 Å². The standard InChI is InChI=1S/C9H15FN2/c1-6(2)9-11-8(10)5-12(9)7(3)4/h5-7H,1-4H3. The van der Waals surface area contributed by atoms with Gasteiger partial charge in [-0.1, -0.05) is 13.8 Å². The zero-order valence-electron chi connectivity index (χ0n) is 8.00. The number of nitrogens with zero attached hydrogens (tertiary/aromatic N) is 2. The van der Waals surface area contributed by atoms with Crippen LogP contribution in [0.5, 0.6) is 0 Å². The molecule has 0 aliphatic carbocycles. The van der Waals surface area contributed by atoms with Crippen molar-refractivity contribution in [2.75, 3.05) is 0 Å². The number of rotatable bonds is 2. The molecule has 0 aromatic carbocycles. The average molecular weight is 170 g/mol. The fraction of sp³-hybridized carbons (Fsp3) is 0.667. The Kier molecular flexibility index (Phi) is 2.50. The Hall–Kier alpha value is -0.860. The maximum Gasteiger partial charge on any atom is 0.230 e. The molecule has 0 saturated heterocycles. The van der Waals surface area contributed by atoms with Crippen LogP contribution < -0.4 is 0 Å². The van der Waals surface area contributed by atoms with Crippen molar-refractivity contribution in [1.29, 1.82) is 0 Å². The molecule has 1 aromatic heterocycles. The van der Waals surface area contributed by atoms with E-state index in [0.717, 1.165) is 5.82 Å². The van der Waals surface area contributed by atoms with Crippen molar-refractivity contribution in [2.45, 2.75) is 39.7 Å². The highest BCUT2D eigenvalue weighted by Gasteiger charge is 2.12. The Balaban J connectivity index is 3.08. The van der Waals surface area contributed by atoms with Crippen LogP contribution in [-0.4, -0.2) is 9.55 Å². The normalized spacial score (nSPS) is 11.6. The number of aromatic nitrogens is 2. The molecule has 0 aliphatic rings. The molecular formula is C9H15FN2. The highest BCUT2D eigenvalue weighted by atomic mass is 19.1. The number of hydrogen-bond acceptors (Lipinski definition) is 1. The van der Waals surface area contributed by atoms with E-state index in [9.17, 15) is 4.39 Å². The van der Waals surface area contributed by atoms with Gasteiger partial charge in [0.05, 0.1) is 6.20 Å². The molecule has 0 atom stereocenters. The number of halogens is 1. The van der Waals surface area contributed by atoms with Gasteiger partial charge in [0, 0.05) is 12.0 Å². The van der Waals surface area contributed by atoms with Crippen LogP contribution in [0.25, 0.3) is 0 Å². The van der Waals surface area contributed by atoms with Crippen LogP contribution in [-0.2, 0) is 0 Å². The third-order valence-electron chi connectivity index (χ3n) is 1.80. The summed E-state index contributed by atoms with van der Waals surface area (Å²) in [6, 6.07) is 0.277. The second kappa shape index (κ2) is 3.25. The van der Waals surface area contributed by atoms with Crippen molar-refractivity contribution in [3.63, 3.8) is 0 Å². The van der Waals surface area contributed by atoms with Crippen LogP contribution >= 0.6 is 0 Å². The van der Waals surface area contributed by atoms with Crippen LogP contribution in [0.4, 0.5) is 4.39 Å². The molecule has 0 bridgehead atoms. The van der Waals surface area contributed by atoms with Crippen LogP contribution in [0, 0.1) is 5.95 Å². The first-order chi connectivity index (χ1) is 5.52. The molecule has 0 amide bonds. The maximum atomic E-state index is 12.8. The van der Waals surface area contributed by atoms with E-state index < -0.39 is 0 Å². The lowest BCUT2D eigenvalue weighted by Gasteiger charge is -2.12. The van der Waals surface area contributed by atoms with Gasteiger partial charge in [-0.3, -0.25) is 0 Å². The summed E-state index contributed by atoms with van der Waals surface area (Å²) in [5, 5.41) is 0. The van der Waals surface area contributed by atoms with Gasteiger partial charge in [-0.2, -0.15) is 4.39 Å². The predicted molar refractivity (Wildman–Crippen MR) is 46.7 cm³/mol. The number of hydrogen-bond donors (Lipinski definition) is 0. The maximum absolute atomic E-state index is 12.8. The quantitative estimate of drug-likeness (QED) is 0.667. The van der Waals surface area contributed by atoms with E-state index in [0.29, 0.717) is 0 Å². The summed E-state index contributed by atoms with van der Waals surface area (Å²) in [4.78, 5) is 3.83. The van der Waals surface area contributed by atoms with E-state index in [4.69, 9.17) is 0 Å².